The summed E-state index contributed by atoms with van der Waals surface area (Å²) in [5.41, 5.74) is 10.4. The maximum absolute atomic E-state index is 8.56. The van der Waals surface area contributed by atoms with Crippen LogP contribution in [0.3, 0.4) is 0 Å². The van der Waals surface area contributed by atoms with Crippen molar-refractivity contribution in [3.8, 4) is 0 Å². The molecule has 1 aromatic rings. The molecule has 4 nitrogen and oxygen atoms in total. The number of hydrogen-bond acceptors (Lipinski definition) is 2. The maximum atomic E-state index is 8.56. The van der Waals surface area contributed by atoms with Crippen LogP contribution in [0.1, 0.15) is 32.3 Å². The molecule has 17 heavy (non-hydrogen) atoms. The summed E-state index contributed by atoms with van der Waals surface area (Å²) < 4.78 is 0. The van der Waals surface area contributed by atoms with Crippen molar-refractivity contribution < 1.29 is 0 Å². The zero-order valence-corrected chi connectivity index (χ0v) is 10.2. The molecule has 1 aromatic carbocycles. The Morgan fingerprint density at radius 3 is 2.71 bits per heavy atom. The molecule has 0 saturated carbocycles. The van der Waals surface area contributed by atoms with Crippen molar-refractivity contribution >= 4 is 5.71 Å². The molecule has 2 rings (SSSR count). The fraction of sp³-hybridized carbons (Fsp3) is 0.462. The molecule has 0 N–H and O–H groups in total. The van der Waals surface area contributed by atoms with Gasteiger partial charge in [0.1, 0.15) is 0 Å². The van der Waals surface area contributed by atoms with Crippen LogP contribution in [-0.2, 0) is 0 Å². The van der Waals surface area contributed by atoms with Crippen molar-refractivity contribution in [2.24, 2.45) is 10.1 Å². The van der Waals surface area contributed by atoms with Gasteiger partial charge < -0.3 is 0 Å². The van der Waals surface area contributed by atoms with Crippen LogP contribution in [0.25, 0.3) is 10.4 Å². The minimum atomic E-state index is -0.439. The van der Waals surface area contributed by atoms with Crippen LogP contribution in [0.4, 0.5) is 0 Å². The first-order chi connectivity index (χ1) is 8.13. The fourth-order valence-corrected chi connectivity index (χ4v) is 2.13. The van der Waals surface area contributed by atoms with Crippen molar-refractivity contribution in [3.05, 3.63) is 46.3 Å². The number of nitrogens with zero attached hydrogens (tertiary/aromatic N) is 4. The van der Waals surface area contributed by atoms with Gasteiger partial charge in [0.15, 0.2) is 0 Å². The van der Waals surface area contributed by atoms with Crippen molar-refractivity contribution in [2.45, 2.75) is 38.3 Å². The van der Waals surface area contributed by atoms with Gasteiger partial charge in [-0.15, -0.1) is 0 Å². The Balaban J connectivity index is 2.23. The van der Waals surface area contributed by atoms with Gasteiger partial charge in [0, 0.05) is 10.6 Å². The van der Waals surface area contributed by atoms with Gasteiger partial charge in [-0.25, -0.2) is 0 Å². The molecule has 0 aromatic heterocycles. The summed E-state index contributed by atoms with van der Waals surface area (Å²) in [5.74, 6) is 0. The van der Waals surface area contributed by atoms with E-state index in [4.69, 9.17) is 10.5 Å². The van der Waals surface area contributed by atoms with Crippen molar-refractivity contribution in [1.82, 2.24) is 0 Å². The van der Waals surface area contributed by atoms with Gasteiger partial charge in [-0.1, -0.05) is 49.3 Å². The van der Waals surface area contributed by atoms with E-state index >= 15 is 0 Å². The molecule has 0 aliphatic carbocycles. The maximum Gasteiger partial charge on any atom is 0.0655 e. The SMILES string of the molecule is CC(C)(N=[N+]=[N-])C1CCC(c2ccccc2)=N1. The van der Waals surface area contributed by atoms with Gasteiger partial charge in [0.05, 0.1) is 11.6 Å². The summed E-state index contributed by atoms with van der Waals surface area (Å²) in [6, 6.07) is 10.3. The van der Waals surface area contributed by atoms with E-state index in [1.54, 1.807) is 0 Å². The van der Waals surface area contributed by atoms with E-state index in [2.05, 4.69) is 22.2 Å². The number of benzene rings is 1. The van der Waals surface area contributed by atoms with Crippen molar-refractivity contribution in [1.29, 1.82) is 0 Å². The molecule has 1 aliphatic rings. The quantitative estimate of drug-likeness (QED) is 0.430. The predicted octanol–water partition coefficient (Wildman–Crippen LogP) is 3.73. The molecule has 1 heterocycles. The number of hydrogen-bond donors (Lipinski definition) is 0. The van der Waals surface area contributed by atoms with Gasteiger partial charge in [0.2, 0.25) is 0 Å². The summed E-state index contributed by atoms with van der Waals surface area (Å²) in [4.78, 5) is 7.61. The molecule has 1 unspecified atom stereocenters. The predicted molar refractivity (Wildman–Crippen MR) is 69.2 cm³/mol. The van der Waals surface area contributed by atoms with Crippen LogP contribution in [0.2, 0.25) is 0 Å². The van der Waals surface area contributed by atoms with Crippen LogP contribution in [0.15, 0.2) is 40.4 Å². The lowest BCUT2D eigenvalue weighted by atomic mass is 9.94. The zero-order chi connectivity index (χ0) is 12.3. The van der Waals surface area contributed by atoms with E-state index in [1.165, 1.54) is 5.56 Å². The second kappa shape index (κ2) is 4.60. The van der Waals surface area contributed by atoms with Crippen LogP contribution in [0.5, 0.6) is 0 Å². The highest BCUT2D eigenvalue weighted by Crippen LogP contribution is 2.29. The molecule has 1 atom stereocenters. The molecule has 0 saturated heterocycles. The second-order valence-corrected chi connectivity index (χ2v) is 4.84. The minimum Gasteiger partial charge on any atom is -0.285 e. The Hall–Kier alpha value is -1.80. The van der Waals surface area contributed by atoms with Gasteiger partial charge in [-0.3, -0.25) is 4.99 Å². The van der Waals surface area contributed by atoms with Crippen LogP contribution in [0, 0.1) is 0 Å². The highest BCUT2D eigenvalue weighted by atomic mass is 15.2. The van der Waals surface area contributed by atoms with Gasteiger partial charge >= 0.3 is 0 Å². The molecule has 4 heteroatoms. The van der Waals surface area contributed by atoms with Crippen molar-refractivity contribution in [2.75, 3.05) is 0 Å². The first kappa shape index (κ1) is 11.7. The standard InChI is InChI=1S/C13H16N4/c1-13(2,16-17-14)12-9-8-11(15-12)10-6-4-3-5-7-10/h3-7,12H,8-9H2,1-2H3. The molecule has 0 amide bonds. The minimum absolute atomic E-state index is 0.0913. The molecule has 1 aliphatic heterocycles. The molecule has 0 spiro atoms. The van der Waals surface area contributed by atoms with Gasteiger partial charge in [0.25, 0.3) is 0 Å². The lowest BCUT2D eigenvalue weighted by Gasteiger charge is -2.22. The second-order valence-electron chi connectivity index (χ2n) is 4.84. The van der Waals surface area contributed by atoms with Crippen LogP contribution >= 0.6 is 0 Å². The number of rotatable bonds is 3. The van der Waals surface area contributed by atoms with Crippen molar-refractivity contribution in [3.63, 3.8) is 0 Å². The third-order valence-corrected chi connectivity index (χ3v) is 3.19. The number of aliphatic imine (C=N–C) groups is 1. The lowest BCUT2D eigenvalue weighted by molar-refractivity contribution is 0.409. The van der Waals surface area contributed by atoms with E-state index in [-0.39, 0.29) is 6.04 Å². The monoisotopic (exact) mass is 228 g/mol. The molecular formula is C13H16N4. The summed E-state index contributed by atoms with van der Waals surface area (Å²) in [5, 5.41) is 3.84. The Morgan fingerprint density at radius 1 is 1.35 bits per heavy atom. The van der Waals surface area contributed by atoms with E-state index in [1.807, 2.05) is 32.0 Å². The zero-order valence-electron chi connectivity index (χ0n) is 10.2. The molecule has 88 valence electrons. The van der Waals surface area contributed by atoms with Crippen LogP contribution < -0.4 is 0 Å². The highest BCUT2D eigenvalue weighted by Gasteiger charge is 2.32. The Morgan fingerprint density at radius 2 is 2.06 bits per heavy atom. The Labute approximate surface area is 101 Å². The summed E-state index contributed by atoms with van der Waals surface area (Å²) in [6.07, 6.45) is 1.91. The molecule has 0 fully saturated rings. The first-order valence-electron chi connectivity index (χ1n) is 5.82. The van der Waals surface area contributed by atoms with E-state index in [9.17, 15) is 0 Å². The fourth-order valence-electron chi connectivity index (χ4n) is 2.13. The van der Waals surface area contributed by atoms with Crippen LogP contribution in [-0.4, -0.2) is 17.3 Å². The molecule has 0 radical (unpaired) electrons. The smallest absolute Gasteiger partial charge is 0.0655 e. The van der Waals surface area contributed by atoms with Gasteiger partial charge in [-0.05, 0) is 23.9 Å². The lowest BCUT2D eigenvalue weighted by Crippen LogP contribution is -2.30. The van der Waals surface area contributed by atoms with E-state index < -0.39 is 5.54 Å². The average molecular weight is 228 g/mol. The number of azide groups is 1. The molecular weight excluding hydrogens is 212 g/mol. The topological polar surface area (TPSA) is 61.1 Å². The van der Waals surface area contributed by atoms with E-state index in [0.717, 1.165) is 18.6 Å². The van der Waals surface area contributed by atoms with Gasteiger partial charge in [-0.2, -0.15) is 0 Å². The average Bonchev–Trinajstić information content (AvgIpc) is 2.80. The Bertz CT molecular complexity index is 469. The molecule has 0 bridgehead atoms. The summed E-state index contributed by atoms with van der Waals surface area (Å²) >= 11 is 0. The third-order valence-electron chi connectivity index (χ3n) is 3.19. The van der Waals surface area contributed by atoms with E-state index in [0.29, 0.717) is 0 Å². The first-order valence-corrected chi connectivity index (χ1v) is 5.82. The third kappa shape index (κ3) is 2.48. The summed E-state index contributed by atoms with van der Waals surface area (Å²) in [7, 11) is 0. The summed E-state index contributed by atoms with van der Waals surface area (Å²) in [6.45, 7) is 3.88. The Kier molecular flexibility index (Phi) is 3.16. The normalized spacial score (nSPS) is 19.6. The largest absolute Gasteiger partial charge is 0.285 e. The highest BCUT2D eigenvalue weighted by molar-refractivity contribution is 6.01.